The number of aromatic nitrogens is 4. The third kappa shape index (κ3) is 1.14. The molecule has 7 heteroatoms. The average Bonchev–Trinajstić information content (AvgIpc) is 2.61. The summed E-state index contributed by atoms with van der Waals surface area (Å²) in [5, 5.41) is 11.8. The number of imidazole rings is 1. The molecule has 0 amide bonds. The Kier molecular flexibility index (Phi) is 1.93. The van der Waals surface area contributed by atoms with Crippen LogP contribution in [0.15, 0.2) is 6.33 Å². The van der Waals surface area contributed by atoms with Gasteiger partial charge in [-0.2, -0.15) is 9.97 Å². The number of rotatable bonds is 2. The standard InChI is InChI=1S/C7H10N6O/c1-9-7-11-5(8)4-6(12-7)13(3-14)2-10-4/h2,14H,3H2,1H3,(H3,8,9,11,12). The Morgan fingerprint density at radius 2 is 2.36 bits per heavy atom. The van der Waals surface area contributed by atoms with E-state index in [4.69, 9.17) is 10.8 Å². The summed E-state index contributed by atoms with van der Waals surface area (Å²) < 4.78 is 1.48. The van der Waals surface area contributed by atoms with Gasteiger partial charge in [-0.15, -0.1) is 0 Å². The van der Waals surface area contributed by atoms with Gasteiger partial charge in [-0.1, -0.05) is 0 Å². The maximum absolute atomic E-state index is 8.98. The van der Waals surface area contributed by atoms with Gasteiger partial charge in [0.15, 0.2) is 11.5 Å². The van der Waals surface area contributed by atoms with Crippen molar-refractivity contribution in [2.75, 3.05) is 18.1 Å². The summed E-state index contributed by atoms with van der Waals surface area (Å²) in [5.74, 6) is 0.705. The van der Waals surface area contributed by atoms with E-state index in [1.54, 1.807) is 7.05 Å². The fourth-order valence-corrected chi connectivity index (χ4v) is 1.18. The van der Waals surface area contributed by atoms with E-state index in [9.17, 15) is 0 Å². The van der Waals surface area contributed by atoms with Gasteiger partial charge in [-0.05, 0) is 0 Å². The molecule has 2 heterocycles. The molecule has 0 aliphatic rings. The number of nitrogen functional groups attached to an aromatic ring is 1. The van der Waals surface area contributed by atoms with E-state index in [2.05, 4.69) is 20.3 Å². The molecule has 0 spiro atoms. The highest BCUT2D eigenvalue weighted by Gasteiger charge is 2.09. The van der Waals surface area contributed by atoms with Crippen LogP contribution >= 0.6 is 0 Å². The van der Waals surface area contributed by atoms with E-state index in [1.807, 2.05) is 0 Å². The number of hydrogen-bond acceptors (Lipinski definition) is 6. The molecule has 0 bridgehead atoms. The quantitative estimate of drug-likeness (QED) is 0.590. The first-order chi connectivity index (χ1) is 6.76. The second-order valence-electron chi connectivity index (χ2n) is 2.71. The molecule has 0 atom stereocenters. The van der Waals surface area contributed by atoms with Crippen LogP contribution in [0.4, 0.5) is 11.8 Å². The van der Waals surface area contributed by atoms with E-state index in [1.165, 1.54) is 10.9 Å². The molecule has 0 aromatic carbocycles. The number of hydrogen-bond donors (Lipinski definition) is 3. The van der Waals surface area contributed by atoms with Gasteiger partial charge in [-0.25, -0.2) is 4.98 Å². The molecule has 2 aromatic rings. The Morgan fingerprint density at radius 3 is 3.00 bits per heavy atom. The Balaban J connectivity index is 2.73. The van der Waals surface area contributed by atoms with Crippen LogP contribution in [-0.4, -0.2) is 31.7 Å². The van der Waals surface area contributed by atoms with Crippen LogP contribution in [0.3, 0.4) is 0 Å². The molecule has 7 nitrogen and oxygen atoms in total. The molecule has 0 aliphatic carbocycles. The molecular formula is C7H10N6O. The highest BCUT2D eigenvalue weighted by atomic mass is 16.3. The zero-order valence-corrected chi connectivity index (χ0v) is 7.60. The van der Waals surface area contributed by atoms with Crippen molar-refractivity contribution in [1.29, 1.82) is 0 Å². The molecule has 0 fully saturated rings. The first-order valence-corrected chi connectivity index (χ1v) is 4.03. The van der Waals surface area contributed by atoms with Crippen molar-refractivity contribution in [1.82, 2.24) is 19.5 Å². The highest BCUT2D eigenvalue weighted by molar-refractivity contribution is 5.82. The van der Waals surface area contributed by atoms with Gasteiger partial charge in [0, 0.05) is 7.05 Å². The predicted octanol–water partition coefficient (Wildman–Crippen LogP) is -0.600. The van der Waals surface area contributed by atoms with Crippen molar-refractivity contribution in [2.24, 2.45) is 0 Å². The third-order valence-corrected chi connectivity index (χ3v) is 1.87. The van der Waals surface area contributed by atoms with Gasteiger partial charge < -0.3 is 16.2 Å². The summed E-state index contributed by atoms with van der Waals surface area (Å²) in [6.45, 7) is -0.184. The molecule has 0 saturated heterocycles. The molecule has 2 rings (SSSR count). The van der Waals surface area contributed by atoms with Crippen molar-refractivity contribution in [3.63, 3.8) is 0 Å². The SMILES string of the molecule is CNc1nc(N)c2ncn(CO)c2n1. The number of nitrogens with zero attached hydrogens (tertiary/aromatic N) is 4. The number of fused-ring (bicyclic) bond motifs is 1. The zero-order valence-electron chi connectivity index (χ0n) is 7.60. The molecule has 0 unspecified atom stereocenters. The second kappa shape index (κ2) is 3.11. The van der Waals surface area contributed by atoms with Gasteiger partial charge in [0.25, 0.3) is 0 Å². The Hall–Kier alpha value is -1.89. The summed E-state index contributed by atoms with van der Waals surface area (Å²) in [6.07, 6.45) is 1.47. The molecule has 0 radical (unpaired) electrons. The van der Waals surface area contributed by atoms with Gasteiger partial charge in [-0.3, -0.25) is 4.57 Å². The fraction of sp³-hybridized carbons (Fsp3) is 0.286. The molecule has 14 heavy (non-hydrogen) atoms. The minimum atomic E-state index is -0.184. The Bertz CT molecular complexity index is 464. The van der Waals surface area contributed by atoms with Crippen LogP contribution in [0.5, 0.6) is 0 Å². The van der Waals surface area contributed by atoms with Crippen molar-refractivity contribution in [3.8, 4) is 0 Å². The zero-order chi connectivity index (χ0) is 10.1. The van der Waals surface area contributed by atoms with Crippen LogP contribution in [0.1, 0.15) is 0 Å². The maximum atomic E-state index is 8.98. The summed E-state index contributed by atoms with van der Waals surface area (Å²) in [5.41, 5.74) is 6.67. The summed E-state index contributed by atoms with van der Waals surface area (Å²) in [7, 11) is 1.69. The molecule has 2 aromatic heterocycles. The van der Waals surface area contributed by atoms with Crippen molar-refractivity contribution in [2.45, 2.75) is 6.73 Å². The second-order valence-corrected chi connectivity index (χ2v) is 2.71. The van der Waals surface area contributed by atoms with Gasteiger partial charge >= 0.3 is 0 Å². The van der Waals surface area contributed by atoms with Gasteiger partial charge in [0.05, 0.1) is 6.33 Å². The number of aliphatic hydroxyl groups excluding tert-OH is 1. The molecule has 0 aliphatic heterocycles. The number of aliphatic hydroxyl groups is 1. The molecular weight excluding hydrogens is 184 g/mol. The van der Waals surface area contributed by atoms with Crippen molar-refractivity contribution in [3.05, 3.63) is 6.33 Å². The smallest absolute Gasteiger partial charge is 0.226 e. The third-order valence-electron chi connectivity index (χ3n) is 1.87. The number of nitrogens with two attached hydrogens (primary N) is 1. The Morgan fingerprint density at radius 1 is 1.57 bits per heavy atom. The lowest BCUT2D eigenvalue weighted by Crippen LogP contribution is -2.03. The van der Waals surface area contributed by atoms with Crippen LogP contribution in [-0.2, 0) is 6.73 Å². The minimum absolute atomic E-state index is 0.184. The summed E-state index contributed by atoms with van der Waals surface area (Å²) in [6, 6.07) is 0. The van der Waals surface area contributed by atoms with E-state index < -0.39 is 0 Å². The van der Waals surface area contributed by atoms with Crippen LogP contribution in [0, 0.1) is 0 Å². The summed E-state index contributed by atoms with van der Waals surface area (Å²) in [4.78, 5) is 12.1. The van der Waals surface area contributed by atoms with Gasteiger partial charge in [0.1, 0.15) is 12.2 Å². The maximum Gasteiger partial charge on any atom is 0.226 e. The van der Waals surface area contributed by atoms with Crippen molar-refractivity contribution >= 4 is 22.9 Å². The highest BCUT2D eigenvalue weighted by Crippen LogP contribution is 2.17. The van der Waals surface area contributed by atoms with Crippen LogP contribution in [0.2, 0.25) is 0 Å². The topological polar surface area (TPSA) is 102 Å². The van der Waals surface area contributed by atoms with E-state index >= 15 is 0 Å². The number of anilines is 2. The lowest BCUT2D eigenvalue weighted by Gasteiger charge is -2.02. The van der Waals surface area contributed by atoms with Crippen LogP contribution in [0.25, 0.3) is 11.2 Å². The lowest BCUT2D eigenvalue weighted by molar-refractivity contribution is 0.214. The number of nitrogens with one attached hydrogen (secondary N) is 1. The largest absolute Gasteiger partial charge is 0.382 e. The Labute approximate surface area is 79.6 Å². The monoisotopic (exact) mass is 194 g/mol. The molecule has 4 N–H and O–H groups in total. The first kappa shape index (κ1) is 8.70. The molecule has 74 valence electrons. The van der Waals surface area contributed by atoms with Gasteiger partial charge in [0.2, 0.25) is 5.95 Å². The predicted molar refractivity (Wildman–Crippen MR) is 51.5 cm³/mol. The molecule has 0 saturated carbocycles. The lowest BCUT2D eigenvalue weighted by atomic mass is 10.5. The first-order valence-electron chi connectivity index (χ1n) is 4.03. The summed E-state index contributed by atoms with van der Waals surface area (Å²) >= 11 is 0. The van der Waals surface area contributed by atoms with Crippen molar-refractivity contribution < 1.29 is 5.11 Å². The van der Waals surface area contributed by atoms with E-state index in [-0.39, 0.29) is 6.73 Å². The average molecular weight is 194 g/mol. The van der Waals surface area contributed by atoms with Crippen LogP contribution < -0.4 is 11.1 Å². The van der Waals surface area contributed by atoms with E-state index in [0.717, 1.165) is 0 Å². The normalized spacial score (nSPS) is 10.7. The fourth-order valence-electron chi connectivity index (χ4n) is 1.18. The minimum Gasteiger partial charge on any atom is -0.382 e. The van der Waals surface area contributed by atoms with E-state index in [0.29, 0.717) is 22.9 Å².